The third kappa shape index (κ3) is 4.70. The zero-order valence-electron chi connectivity index (χ0n) is 16.4. The minimum absolute atomic E-state index is 0.0146. The van der Waals surface area contributed by atoms with Crippen molar-refractivity contribution in [2.24, 2.45) is 0 Å². The van der Waals surface area contributed by atoms with Gasteiger partial charge in [0.2, 0.25) is 0 Å². The van der Waals surface area contributed by atoms with Gasteiger partial charge in [0, 0.05) is 36.4 Å². The number of nitrogen functional groups attached to an aromatic ring is 1. The summed E-state index contributed by atoms with van der Waals surface area (Å²) in [6.07, 6.45) is 6.45. The van der Waals surface area contributed by atoms with Crippen molar-refractivity contribution in [3.63, 3.8) is 0 Å². The number of aliphatic hydroxyl groups excluding tert-OH is 1. The molecule has 0 atom stereocenters. The van der Waals surface area contributed by atoms with Crippen LogP contribution in [-0.2, 0) is 13.1 Å². The van der Waals surface area contributed by atoms with Crippen molar-refractivity contribution in [2.75, 3.05) is 36.3 Å². The summed E-state index contributed by atoms with van der Waals surface area (Å²) in [6.45, 7) is 3.76. The van der Waals surface area contributed by atoms with Gasteiger partial charge in [-0.05, 0) is 13.0 Å². The lowest BCUT2D eigenvalue weighted by Crippen LogP contribution is -2.35. The Bertz CT molecular complexity index is 968. The van der Waals surface area contributed by atoms with Gasteiger partial charge in [0.25, 0.3) is 0 Å². The number of nitrogens with two attached hydrogens (primary N) is 1. The number of rotatable bonds is 10. The highest BCUT2D eigenvalue weighted by Crippen LogP contribution is 2.29. The van der Waals surface area contributed by atoms with Crippen LogP contribution in [0.3, 0.4) is 0 Å². The van der Waals surface area contributed by atoms with Crippen LogP contribution in [0.5, 0.6) is 0 Å². The second-order valence-electron chi connectivity index (χ2n) is 6.15. The van der Waals surface area contributed by atoms with Crippen LogP contribution >= 0.6 is 11.3 Å². The molecule has 10 nitrogen and oxygen atoms in total. The lowest BCUT2D eigenvalue weighted by molar-refractivity contribution is 0.269. The minimum atomic E-state index is 0.0146. The molecule has 29 heavy (non-hydrogen) atoms. The Balaban J connectivity index is 1.87. The van der Waals surface area contributed by atoms with E-state index in [0.717, 1.165) is 27.5 Å². The molecule has 0 amide bonds. The molecule has 0 unspecified atom stereocenters. The van der Waals surface area contributed by atoms with Crippen LogP contribution in [0.4, 0.5) is 17.3 Å². The van der Waals surface area contributed by atoms with Crippen molar-refractivity contribution in [3.8, 4) is 11.3 Å². The Labute approximate surface area is 172 Å². The molecule has 0 saturated carbocycles. The summed E-state index contributed by atoms with van der Waals surface area (Å²) in [7, 11) is 1.80. The van der Waals surface area contributed by atoms with E-state index in [-0.39, 0.29) is 6.61 Å². The lowest BCUT2D eigenvalue weighted by Gasteiger charge is -2.23. The van der Waals surface area contributed by atoms with Crippen LogP contribution in [0.25, 0.3) is 11.3 Å². The smallest absolute Gasteiger partial charge is 0.186 e. The highest BCUT2D eigenvalue weighted by molar-refractivity contribution is 7.14. The summed E-state index contributed by atoms with van der Waals surface area (Å²) >= 11 is 1.54. The molecule has 3 aromatic heterocycles. The van der Waals surface area contributed by atoms with E-state index in [1.54, 1.807) is 24.1 Å². The summed E-state index contributed by atoms with van der Waals surface area (Å²) in [5, 5.41) is 26.0. The molecule has 11 heteroatoms. The number of thiophene rings is 1. The predicted octanol–water partition coefficient (Wildman–Crippen LogP) is 1.55. The van der Waals surface area contributed by atoms with E-state index in [2.05, 4.69) is 25.8 Å². The van der Waals surface area contributed by atoms with Crippen LogP contribution in [0.1, 0.15) is 16.7 Å². The summed E-state index contributed by atoms with van der Waals surface area (Å²) in [6, 6.07) is 2.03. The van der Waals surface area contributed by atoms with E-state index in [9.17, 15) is 0 Å². The number of aromatic nitrogens is 4. The van der Waals surface area contributed by atoms with Crippen molar-refractivity contribution in [3.05, 3.63) is 34.4 Å². The van der Waals surface area contributed by atoms with E-state index in [1.165, 1.54) is 17.6 Å². The third-order valence-electron chi connectivity index (χ3n) is 4.19. The Morgan fingerprint density at radius 3 is 2.93 bits per heavy atom. The van der Waals surface area contributed by atoms with E-state index in [1.807, 2.05) is 24.2 Å². The molecule has 0 radical (unpaired) electrons. The Morgan fingerprint density at radius 1 is 1.41 bits per heavy atom. The largest absolute Gasteiger partial charge is 0.394 e. The van der Waals surface area contributed by atoms with E-state index < -0.39 is 0 Å². The second kappa shape index (κ2) is 9.45. The number of nitrogens with zero attached hydrogens (tertiary/aromatic N) is 5. The maximum atomic E-state index is 9.06. The SMILES string of the molecule is CCNc1cc(CN(NC)c2nc(-c3cnn(CCO)c3)cnc2N)sc1C=N. The number of hydrogen-bond acceptors (Lipinski definition) is 10. The van der Waals surface area contributed by atoms with Gasteiger partial charge in [-0.3, -0.25) is 9.69 Å². The summed E-state index contributed by atoms with van der Waals surface area (Å²) in [4.78, 5) is 10.9. The van der Waals surface area contributed by atoms with Gasteiger partial charge in [-0.15, -0.1) is 11.3 Å². The van der Waals surface area contributed by atoms with Crippen molar-refractivity contribution in [1.82, 2.24) is 25.2 Å². The van der Waals surface area contributed by atoms with Crippen molar-refractivity contribution in [2.45, 2.75) is 20.0 Å². The van der Waals surface area contributed by atoms with Crippen molar-refractivity contribution < 1.29 is 5.11 Å². The van der Waals surface area contributed by atoms with Crippen LogP contribution in [-0.4, -0.2) is 51.3 Å². The molecule has 3 aromatic rings. The molecule has 3 rings (SSSR count). The zero-order valence-corrected chi connectivity index (χ0v) is 17.2. The lowest BCUT2D eigenvalue weighted by atomic mass is 10.2. The monoisotopic (exact) mass is 415 g/mol. The first-order valence-electron chi connectivity index (χ1n) is 9.17. The molecule has 3 heterocycles. The fourth-order valence-electron chi connectivity index (χ4n) is 2.83. The van der Waals surface area contributed by atoms with Gasteiger partial charge in [0.05, 0.1) is 48.3 Å². The molecule has 0 aliphatic carbocycles. The van der Waals surface area contributed by atoms with Crippen LogP contribution in [0.2, 0.25) is 0 Å². The van der Waals surface area contributed by atoms with Crippen LogP contribution < -0.4 is 21.5 Å². The highest BCUT2D eigenvalue weighted by Gasteiger charge is 2.17. The fraction of sp³-hybridized carbons (Fsp3) is 0.333. The molecule has 0 aliphatic heterocycles. The van der Waals surface area contributed by atoms with Gasteiger partial charge < -0.3 is 21.6 Å². The molecule has 0 fully saturated rings. The average molecular weight is 416 g/mol. The molecule has 154 valence electrons. The number of aliphatic hydroxyl groups is 1. The number of hydrogen-bond donors (Lipinski definition) is 5. The highest BCUT2D eigenvalue weighted by atomic mass is 32.1. The predicted molar refractivity (Wildman–Crippen MR) is 116 cm³/mol. The van der Waals surface area contributed by atoms with Gasteiger partial charge in [-0.25, -0.2) is 15.4 Å². The van der Waals surface area contributed by atoms with Crippen LogP contribution in [0, 0.1) is 5.41 Å². The summed E-state index contributed by atoms with van der Waals surface area (Å²) < 4.78 is 1.65. The van der Waals surface area contributed by atoms with Crippen LogP contribution in [0.15, 0.2) is 24.7 Å². The fourth-order valence-corrected chi connectivity index (χ4v) is 3.79. The first kappa shape index (κ1) is 20.7. The molecular formula is C18H25N9OS. The quantitative estimate of drug-likeness (QED) is 0.248. The minimum Gasteiger partial charge on any atom is -0.394 e. The van der Waals surface area contributed by atoms with Gasteiger partial charge >= 0.3 is 0 Å². The number of hydrazine groups is 1. The van der Waals surface area contributed by atoms with Crippen molar-refractivity contribution >= 4 is 34.9 Å². The Morgan fingerprint density at radius 2 is 2.24 bits per heavy atom. The van der Waals surface area contributed by atoms with Crippen molar-refractivity contribution in [1.29, 1.82) is 5.41 Å². The molecule has 0 spiro atoms. The number of nitrogens with one attached hydrogen (secondary N) is 3. The molecule has 6 N–H and O–H groups in total. The maximum Gasteiger partial charge on any atom is 0.186 e. The molecule has 0 aromatic carbocycles. The second-order valence-corrected chi connectivity index (χ2v) is 7.32. The van der Waals surface area contributed by atoms with E-state index in [0.29, 0.717) is 30.4 Å². The van der Waals surface area contributed by atoms with Gasteiger partial charge in [0.1, 0.15) is 0 Å². The molecular weight excluding hydrogens is 390 g/mol. The van der Waals surface area contributed by atoms with Gasteiger partial charge in [-0.2, -0.15) is 5.10 Å². The van der Waals surface area contributed by atoms with Gasteiger partial charge in [-0.1, -0.05) is 0 Å². The number of anilines is 3. The van der Waals surface area contributed by atoms with Gasteiger partial charge in [0.15, 0.2) is 11.6 Å². The Kier molecular flexibility index (Phi) is 6.75. The van der Waals surface area contributed by atoms with E-state index >= 15 is 0 Å². The normalized spacial score (nSPS) is 10.9. The third-order valence-corrected chi connectivity index (χ3v) is 5.26. The molecule has 0 aliphatic rings. The van der Waals surface area contributed by atoms with E-state index in [4.69, 9.17) is 16.2 Å². The first-order valence-corrected chi connectivity index (χ1v) is 9.99. The summed E-state index contributed by atoms with van der Waals surface area (Å²) in [5.41, 5.74) is 11.6. The molecule has 0 bridgehead atoms. The zero-order chi connectivity index (χ0) is 20.8. The topological polar surface area (TPSA) is 141 Å². The average Bonchev–Trinajstić information content (AvgIpc) is 3.34. The maximum absolute atomic E-state index is 9.06. The Hall–Kier alpha value is -3.02. The molecule has 0 saturated heterocycles. The standard InChI is InChI=1S/C18H25N9OS/c1-3-22-14-6-13(29-16(14)7-19)11-27(21-2)18-17(20)23-9-15(25-18)12-8-24-26(10-12)4-5-28/h6-10,19,21-22,28H,3-5,11H2,1-2H3,(H2,20,23). The summed E-state index contributed by atoms with van der Waals surface area (Å²) in [5.74, 6) is 0.816. The first-order chi connectivity index (χ1) is 14.1.